The van der Waals surface area contributed by atoms with Gasteiger partial charge >= 0.3 is 26.2 Å². The Morgan fingerprint density at radius 3 is 1.22 bits per heavy atom. The molecule has 0 nitrogen and oxygen atoms in total. The summed E-state index contributed by atoms with van der Waals surface area (Å²) in [5.74, 6) is 0.782. The van der Waals surface area contributed by atoms with Crippen LogP contribution >= 0.6 is 22.7 Å². The van der Waals surface area contributed by atoms with Crippen LogP contribution in [0.25, 0.3) is 41.8 Å². The maximum absolute atomic E-state index is 3.57. The molecule has 0 fully saturated rings. The summed E-state index contributed by atoms with van der Waals surface area (Å²) in [4.78, 5) is 5.25. The van der Waals surface area contributed by atoms with Crippen LogP contribution in [-0.2, 0) is 26.2 Å². The van der Waals surface area contributed by atoms with Gasteiger partial charge in [-0.15, -0.1) is 105 Å². The molecule has 4 aliphatic rings. The van der Waals surface area contributed by atoms with Crippen LogP contribution in [0.1, 0.15) is 34.1 Å². The van der Waals surface area contributed by atoms with Crippen LogP contribution < -0.4 is 24.8 Å². The van der Waals surface area contributed by atoms with Gasteiger partial charge in [0.05, 0.1) is 0 Å². The molecule has 2 aromatic heterocycles. The molecule has 51 heavy (non-hydrogen) atoms. The van der Waals surface area contributed by atoms with Gasteiger partial charge < -0.3 is 24.8 Å². The van der Waals surface area contributed by atoms with E-state index in [4.69, 9.17) is 0 Å². The standard InChI is InChI=1S/2C23H15S.2ClH.Zr/c2*1-2-6-16(7-3-1)22-12-13-23(24-22)18-10-11-21-19(15-18)14-17-8-4-5-9-20(17)21;;;/h2*1-13,15,20H;2*1H;/q2*-1;;;+4/p-2. The van der Waals surface area contributed by atoms with E-state index in [1.807, 2.05) is 22.7 Å². The molecular weight excluding hydrogens is 779 g/mol. The fraction of sp³-hybridized carbons (Fsp3) is 0.0435. The van der Waals surface area contributed by atoms with Crippen LogP contribution in [0.3, 0.4) is 0 Å². The van der Waals surface area contributed by atoms with Gasteiger partial charge in [0.25, 0.3) is 0 Å². The molecule has 0 saturated carbocycles. The van der Waals surface area contributed by atoms with E-state index in [0.717, 1.165) is 0 Å². The maximum Gasteiger partial charge on any atom is 4.00 e. The molecular formula is C46H30Cl2S2Zr. The van der Waals surface area contributed by atoms with Gasteiger partial charge in [-0.2, -0.15) is 0 Å². The molecule has 0 bridgehead atoms. The van der Waals surface area contributed by atoms with E-state index in [-0.39, 0.29) is 51.0 Å². The third-order valence-corrected chi connectivity index (χ3v) is 11.7. The third-order valence-electron chi connectivity index (χ3n) is 9.28. The first-order chi connectivity index (χ1) is 23.8. The summed E-state index contributed by atoms with van der Waals surface area (Å²) < 4.78 is 0. The second-order valence-corrected chi connectivity index (χ2v) is 14.4. The fourth-order valence-corrected chi connectivity index (χ4v) is 8.87. The van der Waals surface area contributed by atoms with Crippen LogP contribution in [0.5, 0.6) is 0 Å². The molecule has 2 atom stereocenters. The van der Waals surface area contributed by atoms with Crippen molar-refractivity contribution in [2.24, 2.45) is 0 Å². The summed E-state index contributed by atoms with van der Waals surface area (Å²) in [5.41, 5.74) is 12.9. The van der Waals surface area contributed by atoms with Crippen LogP contribution in [0.2, 0.25) is 0 Å². The van der Waals surface area contributed by atoms with E-state index in [0.29, 0.717) is 11.8 Å². The Kier molecular flexibility index (Phi) is 11.8. The summed E-state index contributed by atoms with van der Waals surface area (Å²) in [7, 11) is 0. The number of hydrogen-bond acceptors (Lipinski definition) is 2. The Labute approximate surface area is 340 Å². The van der Waals surface area contributed by atoms with Crippen LogP contribution in [0, 0.1) is 12.2 Å². The number of halogens is 2. The normalized spacial score (nSPS) is 16.5. The van der Waals surface area contributed by atoms with Gasteiger partial charge in [0.2, 0.25) is 0 Å². The second kappa shape index (κ2) is 16.2. The number of hydrogen-bond donors (Lipinski definition) is 0. The molecule has 2 unspecified atom stereocenters. The summed E-state index contributed by atoms with van der Waals surface area (Å²) in [6.07, 6.45) is 24.4. The molecule has 0 amide bonds. The molecule has 0 saturated heterocycles. The van der Waals surface area contributed by atoms with Gasteiger partial charge in [0.1, 0.15) is 0 Å². The largest absolute Gasteiger partial charge is 4.00 e. The Balaban J connectivity index is 0.000000166. The average Bonchev–Trinajstić information content (AvgIpc) is 3.97. The topological polar surface area (TPSA) is 0 Å². The van der Waals surface area contributed by atoms with Gasteiger partial charge in [-0.1, -0.05) is 120 Å². The van der Waals surface area contributed by atoms with Crippen molar-refractivity contribution in [1.82, 2.24) is 0 Å². The van der Waals surface area contributed by atoms with Gasteiger partial charge in [-0.25, -0.2) is 0 Å². The van der Waals surface area contributed by atoms with Crippen molar-refractivity contribution in [3.05, 3.63) is 215 Å². The van der Waals surface area contributed by atoms with Crippen molar-refractivity contribution in [2.75, 3.05) is 0 Å². The van der Waals surface area contributed by atoms with Gasteiger partial charge in [0, 0.05) is 19.5 Å². The zero-order chi connectivity index (χ0) is 31.9. The molecule has 5 heteroatoms. The van der Waals surface area contributed by atoms with E-state index in [1.54, 1.807) is 0 Å². The first-order valence-electron chi connectivity index (χ1n) is 16.3. The van der Waals surface area contributed by atoms with E-state index in [2.05, 4.69) is 182 Å². The van der Waals surface area contributed by atoms with Crippen molar-refractivity contribution in [1.29, 1.82) is 0 Å². The predicted molar refractivity (Wildman–Crippen MR) is 204 cm³/mol. The van der Waals surface area contributed by atoms with Crippen LogP contribution in [0.15, 0.2) is 181 Å². The first-order valence-corrected chi connectivity index (χ1v) is 18.0. The van der Waals surface area contributed by atoms with E-state index >= 15 is 0 Å². The van der Waals surface area contributed by atoms with Crippen molar-refractivity contribution in [3.63, 3.8) is 0 Å². The van der Waals surface area contributed by atoms with Gasteiger partial charge in [0.15, 0.2) is 0 Å². The van der Waals surface area contributed by atoms with Crippen molar-refractivity contribution in [3.8, 4) is 41.8 Å². The minimum absolute atomic E-state index is 0. The second-order valence-electron chi connectivity index (χ2n) is 12.3. The molecule has 0 radical (unpaired) electrons. The van der Waals surface area contributed by atoms with E-state index in [1.165, 1.54) is 75.2 Å². The Morgan fingerprint density at radius 2 is 0.804 bits per heavy atom. The molecule has 6 aromatic rings. The Morgan fingerprint density at radius 1 is 0.412 bits per heavy atom. The number of fused-ring (bicyclic) bond motifs is 6. The predicted octanol–water partition coefficient (Wildman–Crippen LogP) is 6.77. The molecule has 244 valence electrons. The maximum atomic E-state index is 3.57. The Hall–Kier alpha value is -3.82. The number of thiophene rings is 2. The minimum Gasteiger partial charge on any atom is -1.00 e. The zero-order valence-corrected chi connectivity index (χ0v) is 33.0. The molecule has 2 heterocycles. The van der Waals surface area contributed by atoms with Crippen LogP contribution in [0.4, 0.5) is 0 Å². The van der Waals surface area contributed by atoms with Crippen molar-refractivity contribution in [2.45, 2.75) is 11.8 Å². The number of benzene rings is 4. The third kappa shape index (κ3) is 7.43. The minimum atomic E-state index is 0. The smallest absolute Gasteiger partial charge is 1.00 e. The quantitative estimate of drug-likeness (QED) is 0.173. The molecule has 0 aliphatic heterocycles. The first kappa shape index (κ1) is 37.0. The molecule has 0 N–H and O–H groups in total. The SMILES string of the molecule is [C-]1=C2C=CC=CC2c2ccc(-c3ccc(-c4ccccc4)s3)cc21.[C-]1=C2C=CC=CC2c2ccc(-c3ccc(-c4ccccc4)s3)cc21.[Cl-].[Cl-].[Zr+4]. The molecule has 4 aromatic carbocycles. The summed E-state index contributed by atoms with van der Waals surface area (Å²) >= 11 is 3.69. The van der Waals surface area contributed by atoms with Gasteiger partial charge in [-0.3, -0.25) is 0 Å². The summed E-state index contributed by atoms with van der Waals surface area (Å²) in [5, 5.41) is 0. The van der Waals surface area contributed by atoms with Crippen molar-refractivity contribution < 1.29 is 51.0 Å². The van der Waals surface area contributed by atoms with Crippen LogP contribution in [-0.4, -0.2) is 0 Å². The summed E-state index contributed by atoms with van der Waals surface area (Å²) in [6.45, 7) is 0. The monoisotopic (exact) mass is 806 g/mol. The van der Waals surface area contributed by atoms with E-state index < -0.39 is 0 Å². The molecule has 4 aliphatic carbocycles. The fourth-order valence-electron chi connectivity index (χ4n) is 6.86. The van der Waals surface area contributed by atoms with Crippen molar-refractivity contribution >= 4 is 22.7 Å². The van der Waals surface area contributed by atoms with Gasteiger partial charge in [-0.05, 0) is 47.2 Å². The number of rotatable bonds is 4. The Bertz CT molecular complexity index is 2190. The zero-order valence-electron chi connectivity index (χ0n) is 27.4. The average molecular weight is 809 g/mol. The molecule has 10 rings (SSSR count). The number of allylic oxidation sites excluding steroid dienone is 10. The van der Waals surface area contributed by atoms with E-state index in [9.17, 15) is 0 Å². The summed E-state index contributed by atoms with van der Waals surface area (Å²) in [6, 6.07) is 43.6. The molecule has 0 spiro atoms.